The normalized spacial score (nSPS) is 11.2. The van der Waals surface area contributed by atoms with Gasteiger partial charge in [-0.15, -0.1) is 0 Å². The molecule has 0 bridgehead atoms. The summed E-state index contributed by atoms with van der Waals surface area (Å²) in [4.78, 5) is 12.5. The first kappa shape index (κ1) is 26.7. The molecule has 0 heterocycles. The molecule has 2 N–H and O–H groups in total. The highest BCUT2D eigenvalue weighted by molar-refractivity contribution is 7.92. The third-order valence-corrected chi connectivity index (χ3v) is 6.98. The lowest BCUT2D eigenvalue weighted by Gasteiger charge is -2.11. The molecule has 8 nitrogen and oxygen atoms in total. The molecule has 4 rings (SSSR count). The maximum absolute atomic E-state index is 12.5. The lowest BCUT2D eigenvalue weighted by Crippen LogP contribution is -2.18. The van der Waals surface area contributed by atoms with E-state index in [1.165, 1.54) is 54.7 Å². The summed E-state index contributed by atoms with van der Waals surface area (Å²) >= 11 is 5.82. The van der Waals surface area contributed by atoms with E-state index >= 15 is 0 Å². The first-order chi connectivity index (χ1) is 18.3. The summed E-state index contributed by atoms with van der Waals surface area (Å²) < 4.78 is 38.8. The Bertz CT molecular complexity index is 1530. The Morgan fingerprint density at radius 1 is 0.921 bits per heavy atom. The fourth-order valence-corrected chi connectivity index (χ4v) is 4.55. The van der Waals surface area contributed by atoms with Crippen LogP contribution in [0.4, 0.5) is 5.69 Å². The number of nitrogens with one attached hydrogen (secondary N) is 2. The van der Waals surface area contributed by atoms with Gasteiger partial charge in [0.1, 0.15) is 6.61 Å². The van der Waals surface area contributed by atoms with Gasteiger partial charge >= 0.3 is 0 Å². The Morgan fingerprint density at radius 2 is 1.63 bits per heavy atom. The third kappa shape index (κ3) is 7.12. The van der Waals surface area contributed by atoms with Gasteiger partial charge in [0.2, 0.25) is 0 Å². The topological polar surface area (TPSA) is 106 Å². The van der Waals surface area contributed by atoms with Gasteiger partial charge in [-0.3, -0.25) is 9.52 Å². The van der Waals surface area contributed by atoms with Crippen molar-refractivity contribution in [2.45, 2.75) is 11.5 Å². The zero-order valence-corrected chi connectivity index (χ0v) is 21.9. The van der Waals surface area contributed by atoms with Crippen LogP contribution in [0.25, 0.3) is 0 Å². The lowest BCUT2D eigenvalue weighted by molar-refractivity contribution is 0.0955. The van der Waals surface area contributed by atoms with Crippen molar-refractivity contribution in [3.63, 3.8) is 0 Å². The average Bonchev–Trinajstić information content (AvgIpc) is 2.93. The van der Waals surface area contributed by atoms with Crippen molar-refractivity contribution in [1.29, 1.82) is 0 Å². The van der Waals surface area contributed by atoms with E-state index in [2.05, 4.69) is 15.2 Å². The van der Waals surface area contributed by atoms with Crippen LogP contribution in [0.15, 0.2) is 107 Å². The van der Waals surface area contributed by atoms with Crippen LogP contribution in [0.5, 0.6) is 11.5 Å². The summed E-state index contributed by atoms with van der Waals surface area (Å²) in [5, 5.41) is 4.44. The molecule has 0 radical (unpaired) electrons. The summed E-state index contributed by atoms with van der Waals surface area (Å²) in [6.07, 6.45) is 1.48. The van der Waals surface area contributed by atoms with Crippen molar-refractivity contribution in [3.05, 3.63) is 119 Å². The van der Waals surface area contributed by atoms with Gasteiger partial charge < -0.3 is 9.47 Å². The summed E-state index contributed by atoms with van der Waals surface area (Å²) in [5.41, 5.74) is 4.80. The van der Waals surface area contributed by atoms with Crippen LogP contribution in [0.1, 0.15) is 21.5 Å². The minimum absolute atomic E-state index is 0.0745. The standard InChI is InChI=1S/C28H24ClN3O5S/c1-36-27-17-21(7-16-26(27)37-19-20-5-3-2-4-6-20)18-30-31-28(33)22-8-12-24(13-9-22)32-38(34,35)25-14-10-23(29)11-15-25/h2-18,32H,19H2,1H3,(H,31,33)/b30-18+. The number of nitrogens with zero attached hydrogens (tertiary/aromatic N) is 1. The highest BCUT2D eigenvalue weighted by Crippen LogP contribution is 2.28. The third-order valence-electron chi connectivity index (χ3n) is 5.33. The Morgan fingerprint density at radius 3 is 2.32 bits per heavy atom. The highest BCUT2D eigenvalue weighted by Gasteiger charge is 2.14. The summed E-state index contributed by atoms with van der Waals surface area (Å²) in [7, 11) is -2.24. The number of rotatable bonds is 10. The highest BCUT2D eigenvalue weighted by atomic mass is 35.5. The molecule has 0 fully saturated rings. The largest absolute Gasteiger partial charge is 0.493 e. The summed E-state index contributed by atoms with van der Waals surface area (Å²) in [5.74, 6) is 0.667. The molecule has 0 unspecified atom stereocenters. The van der Waals surface area contributed by atoms with Crippen molar-refractivity contribution in [2.24, 2.45) is 5.10 Å². The van der Waals surface area contributed by atoms with Gasteiger partial charge in [-0.05, 0) is 77.9 Å². The maximum Gasteiger partial charge on any atom is 0.271 e. The number of hydrogen-bond acceptors (Lipinski definition) is 6. The van der Waals surface area contributed by atoms with Crippen LogP contribution in [0.3, 0.4) is 0 Å². The minimum atomic E-state index is -3.79. The molecule has 0 aliphatic heterocycles. The van der Waals surface area contributed by atoms with E-state index in [4.69, 9.17) is 21.1 Å². The molecule has 0 aromatic heterocycles. The Labute approximate surface area is 225 Å². The summed E-state index contributed by atoms with van der Waals surface area (Å²) in [6.45, 7) is 0.405. The molecule has 0 aliphatic rings. The fraction of sp³-hybridized carbons (Fsp3) is 0.0714. The van der Waals surface area contributed by atoms with Crippen LogP contribution < -0.4 is 19.6 Å². The second-order valence-electron chi connectivity index (χ2n) is 8.02. The molecule has 38 heavy (non-hydrogen) atoms. The molecule has 0 atom stereocenters. The number of hydrazone groups is 1. The quantitative estimate of drug-likeness (QED) is 0.201. The Kier molecular flexibility index (Phi) is 8.62. The van der Waals surface area contributed by atoms with Crippen LogP contribution in [0.2, 0.25) is 5.02 Å². The van der Waals surface area contributed by atoms with E-state index in [0.29, 0.717) is 39.9 Å². The van der Waals surface area contributed by atoms with E-state index in [0.717, 1.165) is 5.56 Å². The number of amides is 1. The van der Waals surface area contributed by atoms with Gasteiger partial charge in [0, 0.05) is 16.3 Å². The second kappa shape index (κ2) is 12.3. The number of sulfonamides is 1. The molecule has 1 amide bonds. The molecule has 0 saturated carbocycles. The van der Waals surface area contributed by atoms with Gasteiger partial charge in [-0.25, -0.2) is 13.8 Å². The first-order valence-corrected chi connectivity index (χ1v) is 13.3. The number of carbonyl (C=O) groups excluding carboxylic acids is 1. The Balaban J connectivity index is 1.33. The molecule has 0 spiro atoms. The minimum Gasteiger partial charge on any atom is -0.493 e. The fourth-order valence-electron chi connectivity index (χ4n) is 3.37. The number of carbonyl (C=O) groups is 1. The SMILES string of the molecule is COc1cc(/C=N/NC(=O)c2ccc(NS(=O)(=O)c3ccc(Cl)cc3)cc2)ccc1OCc1ccccc1. The van der Waals surface area contributed by atoms with Crippen molar-refractivity contribution in [1.82, 2.24) is 5.43 Å². The number of methoxy groups -OCH3 is 1. The van der Waals surface area contributed by atoms with E-state index in [-0.39, 0.29) is 4.90 Å². The molecule has 0 aliphatic carbocycles. The van der Waals surface area contributed by atoms with Crippen LogP contribution >= 0.6 is 11.6 Å². The number of hydrogen-bond donors (Lipinski definition) is 2. The second-order valence-corrected chi connectivity index (χ2v) is 10.1. The number of benzene rings is 4. The van der Waals surface area contributed by atoms with E-state index in [1.54, 1.807) is 25.3 Å². The zero-order valence-electron chi connectivity index (χ0n) is 20.3. The van der Waals surface area contributed by atoms with Crippen molar-refractivity contribution in [3.8, 4) is 11.5 Å². The predicted molar refractivity (Wildman–Crippen MR) is 148 cm³/mol. The number of ether oxygens (including phenoxy) is 2. The predicted octanol–water partition coefficient (Wildman–Crippen LogP) is 5.49. The van der Waals surface area contributed by atoms with Crippen LogP contribution in [-0.4, -0.2) is 27.6 Å². The van der Waals surface area contributed by atoms with Gasteiger partial charge in [0.15, 0.2) is 11.5 Å². The van der Waals surface area contributed by atoms with Gasteiger partial charge in [-0.1, -0.05) is 41.9 Å². The van der Waals surface area contributed by atoms with E-state index in [9.17, 15) is 13.2 Å². The van der Waals surface area contributed by atoms with Crippen molar-refractivity contribution >= 4 is 39.4 Å². The monoisotopic (exact) mass is 549 g/mol. The lowest BCUT2D eigenvalue weighted by atomic mass is 10.2. The maximum atomic E-state index is 12.5. The number of anilines is 1. The Hall–Kier alpha value is -4.34. The molecule has 4 aromatic rings. The zero-order chi connectivity index (χ0) is 27.0. The van der Waals surface area contributed by atoms with Crippen LogP contribution in [0, 0.1) is 0 Å². The van der Waals surface area contributed by atoms with Crippen LogP contribution in [-0.2, 0) is 16.6 Å². The van der Waals surface area contributed by atoms with Gasteiger partial charge in [0.25, 0.3) is 15.9 Å². The van der Waals surface area contributed by atoms with Crippen molar-refractivity contribution in [2.75, 3.05) is 11.8 Å². The molecule has 0 saturated heterocycles. The van der Waals surface area contributed by atoms with E-state index in [1.807, 2.05) is 30.3 Å². The van der Waals surface area contributed by atoms with Crippen molar-refractivity contribution < 1.29 is 22.7 Å². The smallest absolute Gasteiger partial charge is 0.271 e. The summed E-state index contributed by atoms with van der Waals surface area (Å²) in [6, 6.07) is 26.9. The average molecular weight is 550 g/mol. The molecule has 4 aromatic carbocycles. The van der Waals surface area contributed by atoms with Gasteiger partial charge in [-0.2, -0.15) is 5.10 Å². The number of halogens is 1. The molecule has 10 heteroatoms. The molecule has 194 valence electrons. The molecular weight excluding hydrogens is 526 g/mol. The molecular formula is C28H24ClN3O5S. The first-order valence-electron chi connectivity index (χ1n) is 11.4. The van der Waals surface area contributed by atoms with Gasteiger partial charge in [0.05, 0.1) is 18.2 Å². The van der Waals surface area contributed by atoms with E-state index < -0.39 is 15.9 Å².